The SMILES string of the molecule is COc1ccc(NC(=O)/C(C#N)=C/c2cc(C)n(-c3ccc(C)cc3)c2C)cc1OC. The third-order valence-corrected chi connectivity index (χ3v) is 5.07. The number of anilines is 1. The van der Waals surface area contributed by atoms with Crippen LogP contribution < -0.4 is 14.8 Å². The van der Waals surface area contributed by atoms with Crippen molar-refractivity contribution in [1.29, 1.82) is 5.26 Å². The molecule has 1 heterocycles. The molecular weight excluding hydrogens is 390 g/mol. The summed E-state index contributed by atoms with van der Waals surface area (Å²) in [5, 5.41) is 12.3. The van der Waals surface area contributed by atoms with Crippen molar-refractivity contribution in [2.45, 2.75) is 20.8 Å². The lowest BCUT2D eigenvalue weighted by atomic mass is 10.1. The fourth-order valence-electron chi connectivity index (χ4n) is 3.44. The van der Waals surface area contributed by atoms with Crippen molar-refractivity contribution < 1.29 is 14.3 Å². The number of hydrogen-bond donors (Lipinski definition) is 1. The number of aryl methyl sites for hydroxylation is 2. The number of methoxy groups -OCH3 is 2. The number of benzene rings is 2. The van der Waals surface area contributed by atoms with Crippen molar-refractivity contribution >= 4 is 17.7 Å². The molecule has 3 aromatic rings. The second kappa shape index (κ2) is 9.23. The second-order valence-corrected chi connectivity index (χ2v) is 7.19. The van der Waals surface area contributed by atoms with Crippen molar-refractivity contribution in [3.05, 3.63) is 76.6 Å². The van der Waals surface area contributed by atoms with Crippen LogP contribution in [0.25, 0.3) is 11.8 Å². The van der Waals surface area contributed by atoms with E-state index < -0.39 is 5.91 Å². The molecule has 1 aromatic heterocycles. The highest BCUT2D eigenvalue weighted by atomic mass is 16.5. The lowest BCUT2D eigenvalue weighted by Crippen LogP contribution is -2.13. The number of carbonyl (C=O) groups excluding carboxylic acids is 1. The molecule has 3 rings (SSSR count). The Balaban J connectivity index is 1.90. The minimum absolute atomic E-state index is 0.0129. The van der Waals surface area contributed by atoms with Crippen LogP contribution in [0.15, 0.2) is 54.1 Å². The van der Waals surface area contributed by atoms with E-state index in [4.69, 9.17) is 9.47 Å². The topological polar surface area (TPSA) is 76.3 Å². The summed E-state index contributed by atoms with van der Waals surface area (Å²) >= 11 is 0. The Morgan fingerprint density at radius 1 is 1.00 bits per heavy atom. The average Bonchev–Trinajstić information content (AvgIpc) is 3.05. The van der Waals surface area contributed by atoms with Gasteiger partial charge in [0, 0.05) is 28.8 Å². The highest BCUT2D eigenvalue weighted by Gasteiger charge is 2.15. The minimum Gasteiger partial charge on any atom is -0.493 e. The minimum atomic E-state index is -0.491. The van der Waals surface area contributed by atoms with Gasteiger partial charge < -0.3 is 19.4 Å². The number of aromatic nitrogens is 1. The first-order valence-corrected chi connectivity index (χ1v) is 9.79. The summed E-state index contributed by atoms with van der Waals surface area (Å²) in [6.45, 7) is 6.02. The molecule has 1 amide bonds. The van der Waals surface area contributed by atoms with Crippen LogP contribution in [0, 0.1) is 32.1 Å². The van der Waals surface area contributed by atoms with Crippen molar-refractivity contribution in [2.24, 2.45) is 0 Å². The van der Waals surface area contributed by atoms with Gasteiger partial charge in [-0.15, -0.1) is 0 Å². The van der Waals surface area contributed by atoms with E-state index in [9.17, 15) is 10.1 Å². The van der Waals surface area contributed by atoms with E-state index in [1.807, 2.05) is 32.9 Å². The quantitative estimate of drug-likeness (QED) is 0.456. The Kier molecular flexibility index (Phi) is 6.46. The maximum absolute atomic E-state index is 12.7. The first kappa shape index (κ1) is 21.7. The zero-order chi connectivity index (χ0) is 22.5. The van der Waals surface area contributed by atoms with E-state index in [1.165, 1.54) is 12.7 Å². The average molecular weight is 415 g/mol. The fraction of sp³-hybridized carbons (Fsp3) is 0.200. The predicted molar refractivity (Wildman–Crippen MR) is 122 cm³/mol. The Labute approximate surface area is 182 Å². The molecule has 0 fully saturated rings. The molecule has 6 heteroatoms. The van der Waals surface area contributed by atoms with Gasteiger partial charge in [0.25, 0.3) is 5.91 Å². The third kappa shape index (κ3) is 4.62. The molecule has 0 aliphatic heterocycles. The molecule has 0 unspecified atom stereocenters. The number of amides is 1. The molecule has 0 saturated heterocycles. The smallest absolute Gasteiger partial charge is 0.266 e. The molecule has 31 heavy (non-hydrogen) atoms. The predicted octanol–water partition coefficient (Wildman–Crippen LogP) is 4.97. The van der Waals surface area contributed by atoms with Gasteiger partial charge in [0.1, 0.15) is 11.6 Å². The van der Waals surface area contributed by atoms with Crippen LogP contribution in [0.1, 0.15) is 22.5 Å². The molecule has 1 N–H and O–H groups in total. The number of ether oxygens (including phenoxy) is 2. The lowest BCUT2D eigenvalue weighted by molar-refractivity contribution is -0.112. The summed E-state index contributed by atoms with van der Waals surface area (Å²) in [7, 11) is 3.06. The third-order valence-electron chi connectivity index (χ3n) is 5.07. The van der Waals surface area contributed by atoms with Crippen LogP contribution in [0.2, 0.25) is 0 Å². The van der Waals surface area contributed by atoms with Crippen molar-refractivity contribution in [3.8, 4) is 23.3 Å². The van der Waals surface area contributed by atoms with Gasteiger partial charge in [0.2, 0.25) is 0 Å². The van der Waals surface area contributed by atoms with Crippen LogP contribution in [-0.2, 0) is 4.79 Å². The maximum Gasteiger partial charge on any atom is 0.266 e. The Morgan fingerprint density at radius 2 is 1.68 bits per heavy atom. The molecule has 0 aliphatic rings. The monoisotopic (exact) mass is 415 g/mol. The molecule has 0 saturated carbocycles. The van der Waals surface area contributed by atoms with Gasteiger partial charge in [-0.25, -0.2) is 0 Å². The summed E-state index contributed by atoms with van der Waals surface area (Å²) in [6, 6.07) is 17.2. The Bertz CT molecular complexity index is 1180. The maximum atomic E-state index is 12.7. The molecule has 0 radical (unpaired) electrons. The van der Waals surface area contributed by atoms with Crippen molar-refractivity contribution in [3.63, 3.8) is 0 Å². The molecule has 0 bridgehead atoms. The van der Waals surface area contributed by atoms with E-state index in [0.29, 0.717) is 17.2 Å². The molecule has 158 valence electrons. The zero-order valence-corrected chi connectivity index (χ0v) is 18.3. The van der Waals surface area contributed by atoms with E-state index in [0.717, 1.165) is 22.6 Å². The van der Waals surface area contributed by atoms with Crippen LogP contribution in [-0.4, -0.2) is 24.7 Å². The Hall–Kier alpha value is -3.98. The highest BCUT2D eigenvalue weighted by Crippen LogP contribution is 2.30. The Morgan fingerprint density at radius 3 is 2.29 bits per heavy atom. The first-order valence-electron chi connectivity index (χ1n) is 9.79. The van der Waals surface area contributed by atoms with Gasteiger partial charge in [-0.3, -0.25) is 4.79 Å². The lowest BCUT2D eigenvalue weighted by Gasteiger charge is -2.11. The summed E-state index contributed by atoms with van der Waals surface area (Å²) in [6.07, 6.45) is 1.61. The highest BCUT2D eigenvalue weighted by molar-refractivity contribution is 6.09. The zero-order valence-electron chi connectivity index (χ0n) is 18.3. The standard InChI is InChI=1S/C25H25N3O3/c1-16-6-9-22(10-7-16)28-17(2)12-19(18(28)3)13-20(15-26)25(29)27-21-8-11-23(30-4)24(14-21)31-5/h6-14H,1-5H3,(H,27,29)/b20-13+. The molecule has 6 nitrogen and oxygen atoms in total. The fourth-order valence-corrected chi connectivity index (χ4v) is 3.44. The van der Waals surface area contributed by atoms with Crippen LogP contribution in [0.5, 0.6) is 11.5 Å². The van der Waals surface area contributed by atoms with E-state index >= 15 is 0 Å². The molecule has 0 aliphatic carbocycles. The van der Waals surface area contributed by atoms with E-state index in [2.05, 4.69) is 34.1 Å². The summed E-state index contributed by atoms with van der Waals surface area (Å²) in [5.74, 6) is 0.555. The number of hydrogen-bond acceptors (Lipinski definition) is 4. The van der Waals surface area contributed by atoms with Crippen LogP contribution in [0.3, 0.4) is 0 Å². The molecular formula is C25H25N3O3. The van der Waals surface area contributed by atoms with Crippen molar-refractivity contribution in [2.75, 3.05) is 19.5 Å². The van der Waals surface area contributed by atoms with Gasteiger partial charge >= 0.3 is 0 Å². The summed E-state index contributed by atoms with van der Waals surface area (Å²) in [5.41, 5.74) is 5.53. The number of nitrogens with one attached hydrogen (secondary N) is 1. The normalized spacial score (nSPS) is 11.0. The van der Waals surface area contributed by atoms with Gasteiger partial charge in [-0.1, -0.05) is 17.7 Å². The van der Waals surface area contributed by atoms with Gasteiger partial charge in [-0.2, -0.15) is 5.26 Å². The van der Waals surface area contributed by atoms with E-state index in [1.54, 1.807) is 31.4 Å². The summed E-state index contributed by atoms with van der Waals surface area (Å²) in [4.78, 5) is 12.7. The molecule has 0 spiro atoms. The first-order chi connectivity index (χ1) is 14.9. The van der Waals surface area contributed by atoms with Crippen LogP contribution >= 0.6 is 0 Å². The largest absolute Gasteiger partial charge is 0.493 e. The van der Waals surface area contributed by atoms with Gasteiger partial charge in [-0.05, 0) is 62.7 Å². The van der Waals surface area contributed by atoms with Gasteiger partial charge in [0.05, 0.1) is 14.2 Å². The number of rotatable bonds is 6. The van der Waals surface area contributed by atoms with E-state index in [-0.39, 0.29) is 5.57 Å². The van der Waals surface area contributed by atoms with Gasteiger partial charge in [0.15, 0.2) is 11.5 Å². The van der Waals surface area contributed by atoms with Crippen LogP contribution in [0.4, 0.5) is 5.69 Å². The number of nitrogens with zero attached hydrogens (tertiary/aromatic N) is 2. The summed E-state index contributed by atoms with van der Waals surface area (Å²) < 4.78 is 12.6. The number of carbonyl (C=O) groups is 1. The number of nitriles is 1. The molecule has 2 aromatic carbocycles. The van der Waals surface area contributed by atoms with Crippen molar-refractivity contribution in [1.82, 2.24) is 4.57 Å². The second-order valence-electron chi connectivity index (χ2n) is 7.19. The molecule has 0 atom stereocenters.